The predicted molar refractivity (Wildman–Crippen MR) is 49.8 cm³/mol. The van der Waals surface area contributed by atoms with E-state index in [4.69, 9.17) is 6.42 Å². The lowest BCUT2D eigenvalue weighted by atomic mass is 10.2. The molecule has 0 unspecified atom stereocenters. The van der Waals surface area contributed by atoms with Crippen LogP contribution in [0, 0.1) is 12.3 Å². The summed E-state index contributed by atoms with van der Waals surface area (Å²) in [4.78, 5) is 11.2. The second kappa shape index (κ2) is 3.70. The molecule has 1 rings (SSSR count). The number of halogens is 1. The fraction of sp³-hybridized carbons (Fsp3) is 0.125. The lowest BCUT2D eigenvalue weighted by Gasteiger charge is -1.90. The van der Waals surface area contributed by atoms with E-state index in [0.29, 0.717) is 5.56 Å². The standard InChI is InChI=1S/C8H5BrOS/c1-2-3-7(10)6-4-5-11-8(6)9/h1,4-5H,3H2. The first-order chi connectivity index (χ1) is 5.25. The number of hydrogen-bond acceptors (Lipinski definition) is 2. The molecule has 0 aromatic carbocycles. The molecular formula is C8H5BrOS. The van der Waals surface area contributed by atoms with Crippen LogP contribution in [0.3, 0.4) is 0 Å². The van der Waals surface area contributed by atoms with Crippen LogP contribution in [0.4, 0.5) is 0 Å². The van der Waals surface area contributed by atoms with Crippen LogP contribution >= 0.6 is 27.3 Å². The van der Waals surface area contributed by atoms with E-state index in [1.807, 2.05) is 5.38 Å². The Morgan fingerprint density at radius 1 is 1.82 bits per heavy atom. The quantitative estimate of drug-likeness (QED) is 0.562. The number of carbonyl (C=O) groups excluding carboxylic acids is 1. The Balaban J connectivity index is 2.86. The lowest BCUT2D eigenvalue weighted by Crippen LogP contribution is -1.94. The molecule has 0 atom stereocenters. The third kappa shape index (κ3) is 1.92. The summed E-state index contributed by atoms with van der Waals surface area (Å²) < 4.78 is 0.859. The molecule has 0 N–H and O–H groups in total. The van der Waals surface area contributed by atoms with E-state index >= 15 is 0 Å². The molecule has 1 nitrogen and oxygen atoms in total. The summed E-state index contributed by atoms with van der Waals surface area (Å²) in [5, 5.41) is 1.85. The topological polar surface area (TPSA) is 17.1 Å². The van der Waals surface area contributed by atoms with Gasteiger partial charge in [-0.25, -0.2) is 0 Å². The Labute approximate surface area is 77.6 Å². The van der Waals surface area contributed by atoms with E-state index in [-0.39, 0.29) is 12.2 Å². The molecule has 0 saturated carbocycles. The molecule has 0 fully saturated rings. The van der Waals surface area contributed by atoms with Crippen molar-refractivity contribution < 1.29 is 4.79 Å². The van der Waals surface area contributed by atoms with Crippen molar-refractivity contribution in [3.8, 4) is 12.3 Å². The SMILES string of the molecule is C#CCC(=O)c1ccsc1Br. The first-order valence-corrected chi connectivity index (χ1v) is 4.62. The van der Waals surface area contributed by atoms with E-state index in [0.717, 1.165) is 3.79 Å². The second-order valence-electron chi connectivity index (χ2n) is 1.91. The van der Waals surface area contributed by atoms with Crippen molar-refractivity contribution in [3.63, 3.8) is 0 Å². The fourth-order valence-electron chi connectivity index (χ4n) is 0.681. The van der Waals surface area contributed by atoms with Gasteiger partial charge in [0.2, 0.25) is 0 Å². The number of terminal acetylenes is 1. The van der Waals surface area contributed by atoms with Gasteiger partial charge < -0.3 is 0 Å². The first-order valence-electron chi connectivity index (χ1n) is 2.95. The Bertz CT molecular complexity index is 308. The van der Waals surface area contributed by atoms with Gasteiger partial charge in [-0.2, -0.15) is 0 Å². The molecule has 56 valence electrons. The van der Waals surface area contributed by atoms with Crippen LogP contribution in [-0.2, 0) is 0 Å². The molecule has 0 aliphatic rings. The van der Waals surface area contributed by atoms with Crippen molar-refractivity contribution in [2.45, 2.75) is 6.42 Å². The Hall–Kier alpha value is -0.590. The normalized spacial score (nSPS) is 9.09. The summed E-state index contributed by atoms with van der Waals surface area (Å²) in [6.07, 6.45) is 5.18. The zero-order valence-corrected chi connectivity index (χ0v) is 8.04. The minimum Gasteiger partial charge on any atom is -0.293 e. The molecule has 1 aromatic rings. The molecule has 11 heavy (non-hydrogen) atoms. The second-order valence-corrected chi connectivity index (χ2v) is 4.15. The Morgan fingerprint density at radius 2 is 2.55 bits per heavy atom. The molecule has 3 heteroatoms. The third-order valence-corrected chi connectivity index (χ3v) is 2.87. The van der Waals surface area contributed by atoms with Gasteiger partial charge in [0, 0.05) is 5.56 Å². The molecule has 0 aliphatic carbocycles. The number of rotatable bonds is 2. The Kier molecular flexibility index (Phi) is 2.86. The van der Waals surface area contributed by atoms with Crippen molar-refractivity contribution in [1.29, 1.82) is 0 Å². The number of hydrogen-bond donors (Lipinski definition) is 0. The molecule has 0 amide bonds. The van der Waals surface area contributed by atoms with E-state index in [2.05, 4.69) is 21.9 Å². The van der Waals surface area contributed by atoms with Crippen molar-refractivity contribution in [1.82, 2.24) is 0 Å². The van der Waals surface area contributed by atoms with Crippen molar-refractivity contribution >= 4 is 33.0 Å². The minimum atomic E-state index is 0.000579. The molecule has 0 aliphatic heterocycles. The number of ketones is 1. The van der Waals surface area contributed by atoms with Crippen LogP contribution < -0.4 is 0 Å². The van der Waals surface area contributed by atoms with Crippen LogP contribution in [-0.4, -0.2) is 5.78 Å². The monoisotopic (exact) mass is 228 g/mol. The number of Topliss-reactive ketones (excluding diaryl/α,β-unsaturated/α-hetero) is 1. The van der Waals surface area contributed by atoms with Gasteiger partial charge in [-0.1, -0.05) is 5.92 Å². The zero-order valence-electron chi connectivity index (χ0n) is 5.63. The molecule has 0 saturated heterocycles. The van der Waals surface area contributed by atoms with E-state index in [1.54, 1.807) is 6.07 Å². The summed E-state index contributed by atoms with van der Waals surface area (Å²) in [5.41, 5.74) is 0.688. The van der Waals surface area contributed by atoms with Crippen molar-refractivity contribution in [3.05, 3.63) is 20.8 Å². The summed E-state index contributed by atoms with van der Waals surface area (Å²) in [6, 6.07) is 1.77. The van der Waals surface area contributed by atoms with Crippen LogP contribution in [0.1, 0.15) is 16.8 Å². The average molecular weight is 229 g/mol. The highest BCUT2D eigenvalue weighted by Gasteiger charge is 2.08. The van der Waals surface area contributed by atoms with Gasteiger partial charge >= 0.3 is 0 Å². The highest BCUT2D eigenvalue weighted by Crippen LogP contribution is 2.24. The maximum atomic E-state index is 11.2. The molecule has 1 aromatic heterocycles. The molecule has 1 heterocycles. The van der Waals surface area contributed by atoms with Gasteiger partial charge in [0.15, 0.2) is 5.78 Å². The molecule has 0 spiro atoms. The van der Waals surface area contributed by atoms with Crippen LogP contribution in [0.25, 0.3) is 0 Å². The van der Waals surface area contributed by atoms with Gasteiger partial charge in [-0.15, -0.1) is 17.8 Å². The zero-order chi connectivity index (χ0) is 8.27. The highest BCUT2D eigenvalue weighted by molar-refractivity contribution is 9.11. The molecular weight excluding hydrogens is 224 g/mol. The fourth-order valence-corrected chi connectivity index (χ4v) is 1.99. The maximum Gasteiger partial charge on any atom is 0.176 e. The van der Waals surface area contributed by atoms with E-state index < -0.39 is 0 Å². The smallest absolute Gasteiger partial charge is 0.176 e. The number of thiophene rings is 1. The molecule has 0 bridgehead atoms. The lowest BCUT2D eigenvalue weighted by molar-refractivity contribution is 0.0998. The third-order valence-electron chi connectivity index (χ3n) is 1.18. The predicted octanol–water partition coefficient (Wildman–Crippen LogP) is 2.72. The van der Waals surface area contributed by atoms with Gasteiger partial charge in [-0.3, -0.25) is 4.79 Å². The van der Waals surface area contributed by atoms with Gasteiger partial charge in [0.05, 0.1) is 10.2 Å². The summed E-state index contributed by atoms with van der Waals surface area (Å²) >= 11 is 4.75. The van der Waals surface area contributed by atoms with Gasteiger partial charge in [-0.05, 0) is 27.4 Å². The van der Waals surface area contributed by atoms with Crippen LogP contribution in [0.5, 0.6) is 0 Å². The number of carbonyl (C=O) groups is 1. The summed E-state index contributed by atoms with van der Waals surface area (Å²) in [6.45, 7) is 0. The summed E-state index contributed by atoms with van der Waals surface area (Å²) in [7, 11) is 0. The van der Waals surface area contributed by atoms with Crippen molar-refractivity contribution in [2.24, 2.45) is 0 Å². The highest BCUT2D eigenvalue weighted by atomic mass is 79.9. The largest absolute Gasteiger partial charge is 0.293 e. The molecule has 0 radical (unpaired) electrons. The van der Waals surface area contributed by atoms with Crippen molar-refractivity contribution in [2.75, 3.05) is 0 Å². The van der Waals surface area contributed by atoms with Crippen LogP contribution in [0.2, 0.25) is 0 Å². The summed E-state index contributed by atoms with van der Waals surface area (Å²) in [5.74, 6) is 2.32. The minimum absolute atomic E-state index is 0.000579. The maximum absolute atomic E-state index is 11.2. The van der Waals surface area contributed by atoms with Gasteiger partial charge in [0.25, 0.3) is 0 Å². The van der Waals surface area contributed by atoms with Gasteiger partial charge in [0.1, 0.15) is 0 Å². The Morgan fingerprint density at radius 3 is 3.00 bits per heavy atom. The van der Waals surface area contributed by atoms with E-state index in [1.165, 1.54) is 11.3 Å². The van der Waals surface area contributed by atoms with Crippen LogP contribution in [0.15, 0.2) is 15.2 Å². The van der Waals surface area contributed by atoms with E-state index in [9.17, 15) is 4.79 Å². The average Bonchev–Trinajstić information content (AvgIpc) is 2.36. The first kappa shape index (κ1) is 8.51.